The molecule has 0 atom stereocenters. The van der Waals surface area contributed by atoms with Gasteiger partial charge in [0.05, 0.1) is 17.8 Å². The SMILES string of the molecule is OCc1cc2cc(Cl)ccn2n1. The predicted octanol–water partition coefficient (Wildman–Crippen LogP) is 1.48. The van der Waals surface area contributed by atoms with Gasteiger partial charge in [0.25, 0.3) is 0 Å². The number of pyridine rings is 1. The van der Waals surface area contributed by atoms with E-state index >= 15 is 0 Å². The highest BCUT2D eigenvalue weighted by molar-refractivity contribution is 6.30. The van der Waals surface area contributed by atoms with Gasteiger partial charge < -0.3 is 5.11 Å². The van der Waals surface area contributed by atoms with E-state index in [1.807, 2.05) is 0 Å². The molecule has 3 nitrogen and oxygen atoms in total. The highest BCUT2D eigenvalue weighted by Gasteiger charge is 1.99. The zero-order valence-electron chi connectivity index (χ0n) is 6.24. The van der Waals surface area contributed by atoms with E-state index in [2.05, 4.69) is 5.10 Å². The highest BCUT2D eigenvalue weighted by Crippen LogP contribution is 2.12. The average Bonchev–Trinajstić information content (AvgIpc) is 2.46. The van der Waals surface area contributed by atoms with Crippen LogP contribution in [-0.4, -0.2) is 14.7 Å². The largest absolute Gasteiger partial charge is 0.390 e. The first-order valence-corrected chi connectivity index (χ1v) is 3.92. The van der Waals surface area contributed by atoms with E-state index in [-0.39, 0.29) is 6.61 Å². The molecule has 0 unspecified atom stereocenters. The second-order valence-electron chi connectivity index (χ2n) is 2.51. The van der Waals surface area contributed by atoms with Crippen molar-refractivity contribution in [3.63, 3.8) is 0 Å². The molecule has 2 aromatic heterocycles. The van der Waals surface area contributed by atoms with Crippen LogP contribution in [0.4, 0.5) is 0 Å². The monoisotopic (exact) mass is 182 g/mol. The maximum Gasteiger partial charge on any atom is 0.0889 e. The molecule has 0 amide bonds. The van der Waals surface area contributed by atoms with Crippen LogP contribution in [0.1, 0.15) is 5.69 Å². The molecule has 0 saturated heterocycles. The minimum Gasteiger partial charge on any atom is -0.390 e. The molecule has 0 bridgehead atoms. The normalized spacial score (nSPS) is 10.8. The molecule has 0 aliphatic heterocycles. The molecule has 0 spiro atoms. The summed E-state index contributed by atoms with van der Waals surface area (Å²) < 4.78 is 1.68. The van der Waals surface area contributed by atoms with Crippen molar-refractivity contribution >= 4 is 17.1 Å². The molecule has 4 heteroatoms. The first-order valence-electron chi connectivity index (χ1n) is 3.54. The number of fused-ring (bicyclic) bond motifs is 1. The van der Waals surface area contributed by atoms with Crippen molar-refractivity contribution in [2.45, 2.75) is 6.61 Å². The summed E-state index contributed by atoms with van der Waals surface area (Å²) in [4.78, 5) is 0. The Kier molecular flexibility index (Phi) is 1.75. The molecule has 0 radical (unpaired) electrons. The van der Waals surface area contributed by atoms with Crippen molar-refractivity contribution in [1.29, 1.82) is 0 Å². The van der Waals surface area contributed by atoms with Crippen LogP contribution in [0.25, 0.3) is 5.52 Å². The van der Waals surface area contributed by atoms with Crippen molar-refractivity contribution in [2.75, 3.05) is 0 Å². The van der Waals surface area contributed by atoms with E-state index in [9.17, 15) is 0 Å². The molecule has 0 aliphatic carbocycles. The van der Waals surface area contributed by atoms with Crippen LogP contribution in [0.2, 0.25) is 5.02 Å². The van der Waals surface area contributed by atoms with Gasteiger partial charge in [0.2, 0.25) is 0 Å². The number of aliphatic hydroxyl groups is 1. The van der Waals surface area contributed by atoms with Crippen LogP contribution in [-0.2, 0) is 6.61 Å². The zero-order chi connectivity index (χ0) is 8.55. The molecule has 12 heavy (non-hydrogen) atoms. The van der Waals surface area contributed by atoms with Crippen molar-refractivity contribution in [3.8, 4) is 0 Å². The number of aliphatic hydroxyl groups excluding tert-OH is 1. The second kappa shape index (κ2) is 2.77. The van der Waals surface area contributed by atoms with E-state index in [0.717, 1.165) is 5.52 Å². The van der Waals surface area contributed by atoms with Crippen LogP contribution < -0.4 is 0 Å². The van der Waals surface area contributed by atoms with E-state index < -0.39 is 0 Å². The van der Waals surface area contributed by atoms with Gasteiger partial charge in [-0.3, -0.25) is 0 Å². The molecule has 0 saturated carbocycles. The summed E-state index contributed by atoms with van der Waals surface area (Å²) >= 11 is 5.77. The van der Waals surface area contributed by atoms with Gasteiger partial charge in [-0.05, 0) is 18.2 Å². The van der Waals surface area contributed by atoms with E-state index in [1.54, 1.807) is 28.9 Å². The van der Waals surface area contributed by atoms with Crippen LogP contribution in [0.5, 0.6) is 0 Å². The van der Waals surface area contributed by atoms with Crippen molar-refractivity contribution < 1.29 is 5.11 Å². The summed E-state index contributed by atoms with van der Waals surface area (Å²) in [7, 11) is 0. The predicted molar refractivity (Wildman–Crippen MR) is 46.1 cm³/mol. The van der Waals surface area contributed by atoms with Gasteiger partial charge in [0.1, 0.15) is 0 Å². The Bertz CT molecular complexity index is 410. The Morgan fingerprint density at radius 2 is 2.33 bits per heavy atom. The van der Waals surface area contributed by atoms with Crippen molar-refractivity contribution in [2.24, 2.45) is 0 Å². The lowest BCUT2D eigenvalue weighted by atomic mass is 10.4. The third-order valence-electron chi connectivity index (χ3n) is 1.64. The van der Waals surface area contributed by atoms with Crippen LogP contribution in [0.15, 0.2) is 24.4 Å². The molecule has 1 N–H and O–H groups in total. The summed E-state index contributed by atoms with van der Waals surface area (Å²) in [6, 6.07) is 5.35. The molecular formula is C8H7ClN2O. The summed E-state index contributed by atoms with van der Waals surface area (Å²) in [6.45, 7) is -0.0424. The van der Waals surface area contributed by atoms with E-state index in [4.69, 9.17) is 16.7 Å². The van der Waals surface area contributed by atoms with Gasteiger partial charge in [0, 0.05) is 11.2 Å². The lowest BCUT2D eigenvalue weighted by Gasteiger charge is -1.91. The average molecular weight is 183 g/mol. The Labute approximate surface area is 74.2 Å². The summed E-state index contributed by atoms with van der Waals surface area (Å²) in [5.74, 6) is 0. The van der Waals surface area contributed by atoms with Crippen molar-refractivity contribution in [3.05, 3.63) is 35.1 Å². The maximum atomic E-state index is 8.80. The fourth-order valence-corrected chi connectivity index (χ4v) is 1.27. The fourth-order valence-electron chi connectivity index (χ4n) is 1.10. The lowest BCUT2D eigenvalue weighted by Crippen LogP contribution is -1.87. The van der Waals surface area contributed by atoms with Gasteiger partial charge in [-0.25, -0.2) is 4.52 Å². The van der Waals surface area contributed by atoms with Gasteiger partial charge in [-0.1, -0.05) is 11.6 Å². The quantitative estimate of drug-likeness (QED) is 0.726. The number of hydrogen-bond acceptors (Lipinski definition) is 2. The first kappa shape index (κ1) is 7.58. The van der Waals surface area contributed by atoms with Crippen molar-refractivity contribution in [1.82, 2.24) is 9.61 Å². The molecule has 0 fully saturated rings. The zero-order valence-corrected chi connectivity index (χ0v) is 6.99. The summed E-state index contributed by atoms with van der Waals surface area (Å²) in [5.41, 5.74) is 1.55. The molecule has 0 aliphatic rings. The molecule has 2 heterocycles. The van der Waals surface area contributed by atoms with E-state index in [1.165, 1.54) is 0 Å². The number of nitrogens with zero attached hydrogens (tertiary/aromatic N) is 2. The molecular weight excluding hydrogens is 176 g/mol. The lowest BCUT2D eigenvalue weighted by molar-refractivity contribution is 0.276. The minimum atomic E-state index is -0.0424. The number of halogens is 1. The summed E-state index contributed by atoms with van der Waals surface area (Å²) in [6.07, 6.45) is 1.76. The van der Waals surface area contributed by atoms with Crippen LogP contribution in [0, 0.1) is 0 Å². The van der Waals surface area contributed by atoms with Gasteiger partial charge >= 0.3 is 0 Å². The van der Waals surface area contributed by atoms with Gasteiger partial charge in [-0.2, -0.15) is 5.10 Å². The standard InChI is InChI=1S/C8H7ClN2O/c9-6-1-2-11-8(3-6)4-7(5-12)10-11/h1-4,12H,5H2. The molecule has 2 rings (SSSR count). The first-order chi connectivity index (χ1) is 5.79. The Morgan fingerprint density at radius 1 is 1.50 bits per heavy atom. The Hall–Kier alpha value is -1.06. The molecule has 62 valence electrons. The van der Waals surface area contributed by atoms with Gasteiger partial charge in [-0.15, -0.1) is 0 Å². The minimum absolute atomic E-state index is 0.0424. The number of rotatable bonds is 1. The third kappa shape index (κ3) is 1.17. The number of hydrogen-bond donors (Lipinski definition) is 1. The van der Waals surface area contributed by atoms with Crippen LogP contribution >= 0.6 is 11.6 Å². The van der Waals surface area contributed by atoms with E-state index in [0.29, 0.717) is 10.7 Å². The highest BCUT2D eigenvalue weighted by atomic mass is 35.5. The summed E-state index contributed by atoms with van der Waals surface area (Å²) in [5, 5.41) is 13.6. The fraction of sp³-hybridized carbons (Fsp3) is 0.125. The third-order valence-corrected chi connectivity index (χ3v) is 1.87. The van der Waals surface area contributed by atoms with Gasteiger partial charge in [0.15, 0.2) is 0 Å². The Balaban J connectivity index is 2.67. The topological polar surface area (TPSA) is 37.5 Å². The molecule has 2 aromatic rings. The maximum absolute atomic E-state index is 8.80. The Morgan fingerprint density at radius 3 is 3.08 bits per heavy atom. The second-order valence-corrected chi connectivity index (χ2v) is 2.94. The van der Waals surface area contributed by atoms with Crippen LogP contribution in [0.3, 0.4) is 0 Å². The molecule has 0 aromatic carbocycles. The number of aromatic nitrogens is 2. The smallest absolute Gasteiger partial charge is 0.0889 e.